The lowest BCUT2D eigenvalue weighted by molar-refractivity contribution is 1.07. The first-order valence-corrected chi connectivity index (χ1v) is 13.7. The van der Waals surface area contributed by atoms with Gasteiger partial charge in [-0.15, -0.1) is 11.3 Å². The second-order valence-electron chi connectivity index (χ2n) is 9.82. The molecular formula is C35H23NS. The summed E-state index contributed by atoms with van der Waals surface area (Å²) in [6.45, 7) is 0. The van der Waals surface area contributed by atoms with Crippen molar-refractivity contribution in [2.24, 2.45) is 4.99 Å². The van der Waals surface area contributed by atoms with Crippen LogP contribution in [0.15, 0.2) is 120 Å². The van der Waals surface area contributed by atoms with E-state index in [-0.39, 0.29) is 0 Å². The molecule has 2 heterocycles. The molecule has 7 aromatic rings. The van der Waals surface area contributed by atoms with E-state index >= 15 is 0 Å². The number of fused-ring (bicyclic) bond motifs is 9. The highest BCUT2D eigenvalue weighted by atomic mass is 32.1. The van der Waals surface area contributed by atoms with E-state index in [1.165, 1.54) is 69.3 Å². The lowest BCUT2D eigenvalue weighted by atomic mass is 9.91. The molecule has 0 N–H and O–H groups in total. The van der Waals surface area contributed by atoms with Gasteiger partial charge in [-0.2, -0.15) is 0 Å². The second kappa shape index (κ2) is 8.12. The minimum absolute atomic E-state index is 0.961. The molecule has 8 rings (SSSR count). The summed E-state index contributed by atoms with van der Waals surface area (Å²) < 4.78 is 2.66. The number of hydrogen-bond donors (Lipinski definition) is 0. The van der Waals surface area contributed by atoms with Crippen LogP contribution in [0.2, 0.25) is 0 Å². The van der Waals surface area contributed by atoms with Crippen molar-refractivity contribution in [2.45, 2.75) is 12.8 Å². The summed E-state index contributed by atoms with van der Waals surface area (Å²) in [5.74, 6) is 0. The van der Waals surface area contributed by atoms with Gasteiger partial charge in [-0.05, 0) is 62.9 Å². The molecule has 1 aliphatic rings. The standard InChI is InChI=1S/C35H23NS/c1-2-11-25-23(9-1)24-10-3-4-12-26(24)31-21-22(19-20-27(25)31)32-16-8-17-33(36-32)30-15-7-14-29-28-13-5-6-18-34(28)37-35(29)30/h1-7,9-15,17-21H,8,16H2. The number of thiophene rings is 1. The summed E-state index contributed by atoms with van der Waals surface area (Å²) in [6.07, 6.45) is 4.28. The molecule has 0 radical (unpaired) electrons. The van der Waals surface area contributed by atoms with Gasteiger partial charge in [0.05, 0.1) is 5.70 Å². The summed E-state index contributed by atoms with van der Waals surface area (Å²) in [5, 5.41) is 10.5. The molecule has 1 aromatic heterocycles. The average Bonchev–Trinajstić information content (AvgIpc) is 3.36. The molecule has 0 saturated carbocycles. The molecule has 37 heavy (non-hydrogen) atoms. The zero-order chi connectivity index (χ0) is 24.3. The molecule has 0 unspecified atom stereocenters. The molecule has 0 saturated heterocycles. The molecular weight excluding hydrogens is 466 g/mol. The number of rotatable bonds is 2. The highest BCUT2D eigenvalue weighted by Gasteiger charge is 2.17. The predicted octanol–water partition coefficient (Wildman–Crippen LogP) is 10.1. The van der Waals surface area contributed by atoms with Crippen molar-refractivity contribution >= 4 is 75.2 Å². The summed E-state index contributed by atoms with van der Waals surface area (Å²) >= 11 is 1.87. The minimum Gasteiger partial charge on any atom is -0.252 e. The fourth-order valence-corrected chi connectivity index (χ4v) is 7.23. The van der Waals surface area contributed by atoms with Gasteiger partial charge in [-0.25, -0.2) is 0 Å². The lowest BCUT2D eigenvalue weighted by Crippen LogP contribution is -2.05. The molecule has 1 aliphatic heterocycles. The summed E-state index contributed by atoms with van der Waals surface area (Å²) in [6, 6.07) is 39.8. The van der Waals surface area contributed by atoms with E-state index < -0.39 is 0 Å². The summed E-state index contributed by atoms with van der Waals surface area (Å²) in [4.78, 5) is 5.28. The van der Waals surface area contributed by atoms with Crippen LogP contribution in [0, 0.1) is 0 Å². The Hall–Kier alpha value is -4.27. The van der Waals surface area contributed by atoms with E-state index in [1.807, 2.05) is 11.3 Å². The third kappa shape index (κ3) is 3.19. The SMILES string of the molecule is C1=C(c2cccc3c2sc2ccccc23)N=C(c2ccc3c4ccccc4c4ccccc4c3c2)CC1. The molecule has 0 aliphatic carbocycles. The Balaban J connectivity index is 1.31. The fraction of sp³-hybridized carbons (Fsp3) is 0.0571. The average molecular weight is 490 g/mol. The van der Waals surface area contributed by atoms with E-state index in [2.05, 4.69) is 115 Å². The van der Waals surface area contributed by atoms with Crippen LogP contribution in [0.25, 0.3) is 58.2 Å². The Labute approximate surface area is 219 Å². The van der Waals surface area contributed by atoms with Crippen molar-refractivity contribution in [3.63, 3.8) is 0 Å². The van der Waals surface area contributed by atoms with Gasteiger partial charge in [0.1, 0.15) is 0 Å². The number of allylic oxidation sites excluding steroid dienone is 1. The largest absolute Gasteiger partial charge is 0.252 e. The van der Waals surface area contributed by atoms with Crippen molar-refractivity contribution < 1.29 is 0 Å². The Morgan fingerprint density at radius 1 is 0.541 bits per heavy atom. The smallest absolute Gasteiger partial charge is 0.0680 e. The van der Waals surface area contributed by atoms with Gasteiger partial charge >= 0.3 is 0 Å². The molecule has 2 heteroatoms. The van der Waals surface area contributed by atoms with Crippen LogP contribution in [-0.2, 0) is 0 Å². The van der Waals surface area contributed by atoms with Crippen molar-refractivity contribution in [1.29, 1.82) is 0 Å². The van der Waals surface area contributed by atoms with E-state index in [4.69, 9.17) is 4.99 Å². The number of aliphatic imine (C=N–C) groups is 1. The third-order valence-electron chi connectivity index (χ3n) is 7.73. The Kier molecular flexibility index (Phi) is 4.58. The van der Waals surface area contributed by atoms with Crippen molar-refractivity contribution in [3.05, 3.63) is 126 Å². The maximum atomic E-state index is 5.28. The van der Waals surface area contributed by atoms with Crippen molar-refractivity contribution in [1.82, 2.24) is 0 Å². The zero-order valence-corrected chi connectivity index (χ0v) is 21.1. The van der Waals surface area contributed by atoms with Crippen molar-refractivity contribution in [3.8, 4) is 0 Å². The van der Waals surface area contributed by atoms with E-state index in [9.17, 15) is 0 Å². The van der Waals surface area contributed by atoms with Gasteiger partial charge in [-0.3, -0.25) is 4.99 Å². The molecule has 0 bridgehead atoms. The van der Waals surface area contributed by atoms with Crippen LogP contribution in [0.1, 0.15) is 24.0 Å². The van der Waals surface area contributed by atoms with E-state index in [0.717, 1.165) is 18.5 Å². The molecule has 0 amide bonds. The van der Waals surface area contributed by atoms with E-state index in [1.54, 1.807) is 0 Å². The first-order chi connectivity index (χ1) is 18.3. The maximum absolute atomic E-state index is 5.28. The lowest BCUT2D eigenvalue weighted by Gasteiger charge is -2.16. The second-order valence-corrected chi connectivity index (χ2v) is 10.9. The monoisotopic (exact) mass is 489 g/mol. The highest BCUT2D eigenvalue weighted by Crippen LogP contribution is 2.40. The Morgan fingerprint density at radius 2 is 1.16 bits per heavy atom. The molecule has 6 aromatic carbocycles. The van der Waals surface area contributed by atoms with Crippen LogP contribution >= 0.6 is 11.3 Å². The van der Waals surface area contributed by atoms with Gasteiger partial charge in [0.25, 0.3) is 0 Å². The molecule has 0 atom stereocenters. The first-order valence-electron chi connectivity index (χ1n) is 12.9. The van der Waals surface area contributed by atoms with Gasteiger partial charge < -0.3 is 0 Å². The number of benzene rings is 6. The Morgan fingerprint density at radius 3 is 1.92 bits per heavy atom. The quantitative estimate of drug-likeness (QED) is 0.214. The van der Waals surface area contributed by atoms with Gasteiger partial charge in [0.15, 0.2) is 0 Å². The summed E-state index contributed by atoms with van der Waals surface area (Å²) in [5.41, 5.74) is 4.74. The van der Waals surface area contributed by atoms with Crippen LogP contribution in [0.4, 0.5) is 0 Å². The molecule has 1 nitrogen and oxygen atoms in total. The number of hydrogen-bond acceptors (Lipinski definition) is 2. The zero-order valence-electron chi connectivity index (χ0n) is 20.2. The maximum Gasteiger partial charge on any atom is 0.0680 e. The predicted molar refractivity (Wildman–Crippen MR) is 162 cm³/mol. The van der Waals surface area contributed by atoms with Gasteiger partial charge in [0, 0.05) is 31.4 Å². The third-order valence-corrected chi connectivity index (χ3v) is 8.95. The minimum atomic E-state index is 0.961. The first kappa shape index (κ1) is 20.9. The van der Waals surface area contributed by atoms with Crippen LogP contribution in [-0.4, -0.2) is 5.71 Å². The van der Waals surface area contributed by atoms with Crippen LogP contribution < -0.4 is 0 Å². The number of nitrogens with zero attached hydrogens (tertiary/aromatic N) is 1. The summed E-state index contributed by atoms with van der Waals surface area (Å²) in [7, 11) is 0. The Bertz CT molecular complexity index is 2060. The van der Waals surface area contributed by atoms with Crippen LogP contribution in [0.3, 0.4) is 0 Å². The highest BCUT2D eigenvalue weighted by molar-refractivity contribution is 7.26. The van der Waals surface area contributed by atoms with Gasteiger partial charge in [-0.1, -0.05) is 103 Å². The van der Waals surface area contributed by atoms with E-state index in [0.29, 0.717) is 0 Å². The van der Waals surface area contributed by atoms with Crippen molar-refractivity contribution in [2.75, 3.05) is 0 Å². The normalized spacial score (nSPS) is 14.1. The molecule has 174 valence electrons. The molecule has 0 fully saturated rings. The van der Waals surface area contributed by atoms with Crippen LogP contribution in [0.5, 0.6) is 0 Å². The molecule has 0 spiro atoms. The fourth-order valence-electron chi connectivity index (χ4n) is 6.01. The van der Waals surface area contributed by atoms with Gasteiger partial charge in [0.2, 0.25) is 0 Å². The topological polar surface area (TPSA) is 12.4 Å².